The lowest BCUT2D eigenvalue weighted by molar-refractivity contribution is 0.376. The summed E-state index contributed by atoms with van der Waals surface area (Å²) in [6.07, 6.45) is 0.739. The van der Waals surface area contributed by atoms with Crippen LogP contribution in [0.25, 0.3) is 0 Å². The van der Waals surface area contributed by atoms with Gasteiger partial charge in [0, 0.05) is 5.92 Å². The molecule has 0 aliphatic carbocycles. The van der Waals surface area contributed by atoms with Crippen LogP contribution < -0.4 is 13.6 Å². The normalized spacial score (nSPS) is 14.4. The number of phenolic OH excluding ortho intramolecular Hbond substituents is 3. The molecule has 0 spiro atoms. The molecule has 9 aromatic carbocycles. The summed E-state index contributed by atoms with van der Waals surface area (Å²) in [5.74, 6) is 2.62. The molecule has 626 valence electrons. The third kappa shape index (κ3) is 28.0. The number of benzene rings is 9. The fraction of sp³-hybridized carbons (Fsp3) is 0.460. The van der Waals surface area contributed by atoms with Crippen LogP contribution in [0.2, 0.25) is 0 Å². The Bertz CT molecular complexity index is 4410. The quantitative estimate of drug-likeness (QED) is 0.0472. The summed E-state index contributed by atoms with van der Waals surface area (Å²) in [4.78, 5) is 31.0. The Morgan fingerprint density at radius 2 is 0.470 bits per heavy atom. The van der Waals surface area contributed by atoms with E-state index in [1.165, 1.54) is 50.1 Å². The van der Waals surface area contributed by atoms with Crippen molar-refractivity contribution in [2.24, 2.45) is 0 Å². The van der Waals surface area contributed by atoms with Crippen molar-refractivity contribution in [1.29, 1.82) is 0 Å². The van der Waals surface area contributed by atoms with Crippen LogP contribution in [0.3, 0.4) is 0 Å². The zero-order valence-corrected chi connectivity index (χ0v) is 78.0. The molecule has 0 bridgehead atoms. The molecule has 4 atom stereocenters. The minimum Gasteiger partial charge on any atom is -0.507 e. The van der Waals surface area contributed by atoms with Gasteiger partial charge in [-0.25, -0.2) is 13.7 Å². The number of aromatic hydroxyl groups is 3. The van der Waals surface area contributed by atoms with Crippen LogP contribution in [0.15, 0.2) is 182 Å². The first kappa shape index (κ1) is 96.2. The first-order chi connectivity index (χ1) is 52.3. The fourth-order valence-electron chi connectivity index (χ4n) is 14.5. The van der Waals surface area contributed by atoms with Gasteiger partial charge in [0.1, 0.15) is 34.5 Å². The number of hydrogen-bond acceptors (Lipinski definition) is 9. The number of hydrogen-bond donors (Lipinski definition) is 6. The number of aryl methyl sites for hydroxylation is 3. The highest BCUT2D eigenvalue weighted by molar-refractivity contribution is 7.53. The molecule has 12 nitrogen and oxygen atoms in total. The molecule has 0 radical (unpaired) electrons. The maximum Gasteiger partial charge on any atom is 0.380 e. The van der Waals surface area contributed by atoms with Gasteiger partial charge in [0.05, 0.1) is 18.5 Å². The largest absolute Gasteiger partial charge is 0.507 e. The summed E-state index contributed by atoms with van der Waals surface area (Å²) in [5, 5.41) is 32.3. The number of phenols is 3. The lowest BCUT2D eigenvalue weighted by Gasteiger charge is -2.34. The van der Waals surface area contributed by atoms with Crippen molar-refractivity contribution in [3.63, 3.8) is 0 Å². The average molecular weight is 1630 g/mol. The van der Waals surface area contributed by atoms with Gasteiger partial charge < -0.3 is 43.6 Å². The second-order valence-corrected chi connectivity index (χ2v) is 46.3. The third-order valence-corrected chi connectivity index (χ3v) is 24.2. The molecular weight excluding hydrogens is 1490 g/mol. The van der Waals surface area contributed by atoms with Crippen molar-refractivity contribution in [3.05, 3.63) is 282 Å². The molecule has 115 heavy (non-hydrogen) atoms. The lowest BCUT2D eigenvalue weighted by Crippen LogP contribution is -2.22. The second kappa shape index (κ2) is 36.7. The first-order valence-electron chi connectivity index (χ1n) is 40.4. The van der Waals surface area contributed by atoms with Gasteiger partial charge in [0.15, 0.2) is 0 Å². The van der Waals surface area contributed by atoms with E-state index < -0.39 is 22.8 Å². The van der Waals surface area contributed by atoms with Crippen LogP contribution in [0, 0.1) is 20.8 Å². The van der Waals surface area contributed by atoms with E-state index in [-0.39, 0.29) is 84.5 Å². The summed E-state index contributed by atoms with van der Waals surface area (Å²) in [6, 6.07) is 58.2. The number of rotatable bonds is 17. The minimum atomic E-state index is -3.88. The third-order valence-electron chi connectivity index (χ3n) is 20.4. The maximum absolute atomic E-state index is 12.6. The highest BCUT2D eigenvalue weighted by Gasteiger charge is 2.36. The fourth-order valence-corrected chi connectivity index (χ4v) is 18.0. The zero-order chi connectivity index (χ0) is 87.2. The Morgan fingerprint density at radius 1 is 0.278 bits per heavy atom. The minimum absolute atomic E-state index is 0.0795. The first-order valence-corrected chi connectivity index (χ1v) is 45.7. The standard InChI is InChI=1S/C37H52.3C21H29O4P/c1-24-14-17-32(35(5,6)7)28(20-24)27(4)23-29(30-21-25(2)15-18-33(30)36(8,9)10)31-22-26(3)16-19-34(31)37(11,12)13;3*1-20(2,3)17-12-15(13-18(19(17)22)21(4,5)6)14-26(23,24)25-16-10-8-7-9-11-16/h14-22,27,29H,23H2,1-13H3;3*7-13,22H,14H2,1-6H3,(H,23,24). The molecule has 0 saturated carbocycles. The SMILES string of the molecule is CC(C)(C)c1cc(CP(=O)(O)Oc2ccccc2)cc(C(C)(C)C)c1O.CC(C)(C)c1cc(CP(=O)(O)Oc2ccccc2)cc(C(C)(C)C)c1O.CC(C)(C)c1cc(CP(=O)(O)Oc2ccccc2)cc(C(C)(C)C)c1O.Cc1ccc(C(C)(C)C)c(C(C)CC(c2cc(C)ccc2C(C)(C)C)c2cc(C)ccc2C(C)(C)C)c1. The van der Waals surface area contributed by atoms with E-state index in [0.717, 1.165) is 39.8 Å². The van der Waals surface area contributed by atoms with Crippen molar-refractivity contribution in [2.45, 2.75) is 300 Å². The van der Waals surface area contributed by atoms with Gasteiger partial charge in [-0.1, -0.05) is 356 Å². The zero-order valence-electron chi connectivity index (χ0n) is 75.3. The van der Waals surface area contributed by atoms with Crippen molar-refractivity contribution in [3.8, 4) is 34.5 Å². The van der Waals surface area contributed by atoms with Gasteiger partial charge in [0.25, 0.3) is 0 Å². The molecule has 0 saturated heterocycles. The van der Waals surface area contributed by atoms with Gasteiger partial charge in [-0.15, -0.1) is 0 Å². The smallest absolute Gasteiger partial charge is 0.380 e. The molecule has 6 N–H and O–H groups in total. The molecule has 0 amide bonds. The van der Waals surface area contributed by atoms with Gasteiger partial charge >= 0.3 is 22.8 Å². The molecule has 4 unspecified atom stereocenters. The van der Waals surface area contributed by atoms with E-state index in [2.05, 4.69) is 145 Å². The van der Waals surface area contributed by atoms with E-state index in [9.17, 15) is 43.7 Å². The summed E-state index contributed by atoms with van der Waals surface area (Å²) in [7, 11) is -11.6. The van der Waals surface area contributed by atoms with Crippen LogP contribution in [0.1, 0.15) is 312 Å². The summed E-state index contributed by atoms with van der Waals surface area (Å²) >= 11 is 0. The van der Waals surface area contributed by atoms with E-state index in [4.69, 9.17) is 13.6 Å². The van der Waals surface area contributed by atoms with E-state index >= 15 is 0 Å². The highest BCUT2D eigenvalue weighted by atomic mass is 31.2. The van der Waals surface area contributed by atoms with Crippen molar-refractivity contribution >= 4 is 22.8 Å². The van der Waals surface area contributed by atoms with Gasteiger partial charge in [0.2, 0.25) is 0 Å². The van der Waals surface area contributed by atoms with Crippen LogP contribution in [-0.2, 0) is 80.9 Å². The predicted molar refractivity (Wildman–Crippen MR) is 483 cm³/mol. The van der Waals surface area contributed by atoms with Gasteiger partial charge in [-0.05, 0) is 202 Å². The second-order valence-electron chi connectivity index (χ2n) is 40.9. The highest BCUT2D eigenvalue weighted by Crippen LogP contribution is 2.53. The van der Waals surface area contributed by atoms with Crippen LogP contribution in [0.4, 0.5) is 0 Å². The van der Waals surface area contributed by atoms with Gasteiger partial charge in [-0.3, -0.25) is 0 Å². The molecule has 0 aliphatic heterocycles. The molecule has 15 heteroatoms. The topological polar surface area (TPSA) is 200 Å². The van der Waals surface area contributed by atoms with Crippen LogP contribution >= 0.6 is 22.8 Å². The average Bonchev–Trinajstić information content (AvgIpc) is 0.774. The molecule has 9 rings (SSSR count). The van der Waals surface area contributed by atoms with Crippen LogP contribution in [-0.4, -0.2) is 30.0 Å². The van der Waals surface area contributed by atoms with Gasteiger partial charge in [-0.2, -0.15) is 0 Å². The van der Waals surface area contributed by atoms with Crippen molar-refractivity contribution in [2.75, 3.05) is 0 Å². The monoisotopic (exact) mass is 1620 g/mol. The molecule has 0 heterocycles. The summed E-state index contributed by atoms with van der Waals surface area (Å²) in [5.41, 5.74) is 18.1. The van der Waals surface area contributed by atoms with Crippen LogP contribution in [0.5, 0.6) is 34.5 Å². The Hall–Kier alpha value is -7.65. The van der Waals surface area contributed by atoms with E-state index in [1.807, 2.05) is 179 Å². The Balaban J connectivity index is 0.000000242. The number of para-hydroxylation sites is 3. The Kier molecular flexibility index (Phi) is 30.7. The van der Waals surface area contributed by atoms with Crippen molar-refractivity contribution < 1.29 is 57.3 Å². The van der Waals surface area contributed by atoms with E-state index in [0.29, 0.717) is 45.8 Å². The maximum atomic E-state index is 12.6. The molecule has 9 aromatic rings. The predicted octanol–water partition coefficient (Wildman–Crippen LogP) is 28.1. The molecular formula is C100H139O12P3. The molecule has 0 aromatic heterocycles. The summed E-state index contributed by atoms with van der Waals surface area (Å²) in [6.45, 7) is 66.6. The Labute approximate surface area is 692 Å². The summed E-state index contributed by atoms with van der Waals surface area (Å²) < 4.78 is 53.9. The van der Waals surface area contributed by atoms with Crippen molar-refractivity contribution in [1.82, 2.24) is 0 Å². The van der Waals surface area contributed by atoms with E-state index in [1.54, 1.807) is 72.8 Å². The lowest BCUT2D eigenvalue weighted by atomic mass is 9.70. The Morgan fingerprint density at radius 3 is 0.670 bits per heavy atom. The molecule has 0 aliphatic rings. The molecule has 0 fully saturated rings.